The highest BCUT2D eigenvalue weighted by molar-refractivity contribution is 4.80. The fourth-order valence-corrected chi connectivity index (χ4v) is 2.38. The van der Waals surface area contributed by atoms with Gasteiger partial charge < -0.3 is 15.0 Å². The highest BCUT2D eigenvalue weighted by Gasteiger charge is 2.27. The van der Waals surface area contributed by atoms with Crippen molar-refractivity contribution >= 4 is 0 Å². The number of hydrogen-bond donors (Lipinski definition) is 1. The maximum absolute atomic E-state index is 5.59. The Bertz CT molecular complexity index is 175. The smallest absolute Gasteiger partial charge is 0.0702 e. The third-order valence-electron chi connectivity index (χ3n) is 3.44. The first kappa shape index (κ1) is 13.9. The summed E-state index contributed by atoms with van der Waals surface area (Å²) in [7, 11) is 2.23. The predicted molar refractivity (Wildman–Crippen MR) is 68.8 cm³/mol. The van der Waals surface area contributed by atoms with E-state index in [1.54, 1.807) is 0 Å². The van der Waals surface area contributed by atoms with Crippen LogP contribution in [0.1, 0.15) is 39.5 Å². The van der Waals surface area contributed by atoms with Crippen LogP contribution < -0.4 is 5.32 Å². The number of likely N-dealkylation sites (N-methyl/N-ethyl adjacent to an activating group) is 1. The molecule has 0 aliphatic carbocycles. The van der Waals surface area contributed by atoms with Gasteiger partial charge >= 0.3 is 0 Å². The fourth-order valence-electron chi connectivity index (χ4n) is 2.38. The van der Waals surface area contributed by atoms with E-state index in [4.69, 9.17) is 4.74 Å². The van der Waals surface area contributed by atoms with E-state index in [-0.39, 0.29) is 0 Å². The van der Waals surface area contributed by atoms with Crippen LogP contribution in [0.4, 0.5) is 0 Å². The lowest BCUT2D eigenvalue weighted by atomic mass is 10.1. The predicted octanol–water partition coefficient (Wildman–Crippen LogP) is 1.88. The van der Waals surface area contributed by atoms with E-state index >= 15 is 0 Å². The molecule has 3 nitrogen and oxygen atoms in total. The van der Waals surface area contributed by atoms with Gasteiger partial charge in [0, 0.05) is 12.6 Å². The summed E-state index contributed by atoms with van der Waals surface area (Å²) in [4.78, 5) is 2.47. The molecular formula is C13H28N2O. The van der Waals surface area contributed by atoms with E-state index in [1.165, 1.54) is 38.8 Å². The molecule has 0 aromatic rings. The Morgan fingerprint density at radius 1 is 1.31 bits per heavy atom. The number of ether oxygens (including phenoxy) is 1. The standard InChI is InChI=1S/C13H28N2O/c1-4-8-14-9-5-6-10-15(3)13-7-11-16-12(13)2/h12-14H,4-11H2,1-3H3. The van der Waals surface area contributed by atoms with Gasteiger partial charge in [-0.25, -0.2) is 0 Å². The van der Waals surface area contributed by atoms with Crippen molar-refractivity contribution in [3.05, 3.63) is 0 Å². The lowest BCUT2D eigenvalue weighted by molar-refractivity contribution is 0.0832. The summed E-state index contributed by atoms with van der Waals surface area (Å²) in [6, 6.07) is 0.642. The molecule has 0 bridgehead atoms. The first-order chi connectivity index (χ1) is 7.75. The Balaban J connectivity index is 1.99. The molecule has 16 heavy (non-hydrogen) atoms. The SMILES string of the molecule is CCCNCCCCN(C)C1CCOC1C. The molecular weight excluding hydrogens is 200 g/mol. The lowest BCUT2D eigenvalue weighted by Gasteiger charge is -2.26. The van der Waals surface area contributed by atoms with Gasteiger partial charge in [0.2, 0.25) is 0 Å². The molecule has 2 atom stereocenters. The van der Waals surface area contributed by atoms with E-state index in [0.29, 0.717) is 12.1 Å². The molecule has 3 heteroatoms. The second-order valence-electron chi connectivity index (χ2n) is 4.87. The van der Waals surface area contributed by atoms with Crippen molar-refractivity contribution in [1.29, 1.82) is 0 Å². The monoisotopic (exact) mass is 228 g/mol. The first-order valence-corrected chi connectivity index (χ1v) is 6.78. The van der Waals surface area contributed by atoms with Gasteiger partial charge in [0.05, 0.1) is 6.10 Å². The molecule has 1 fully saturated rings. The van der Waals surface area contributed by atoms with Crippen LogP contribution in [0, 0.1) is 0 Å². The van der Waals surface area contributed by atoms with Crippen LogP contribution in [-0.4, -0.2) is 50.3 Å². The Morgan fingerprint density at radius 3 is 2.75 bits per heavy atom. The van der Waals surface area contributed by atoms with Crippen LogP contribution in [0.25, 0.3) is 0 Å². The average molecular weight is 228 g/mol. The second kappa shape index (κ2) is 8.04. The van der Waals surface area contributed by atoms with Crippen LogP contribution in [0.2, 0.25) is 0 Å². The van der Waals surface area contributed by atoms with Crippen molar-refractivity contribution in [3.63, 3.8) is 0 Å². The molecule has 1 heterocycles. The Hall–Kier alpha value is -0.120. The molecule has 1 N–H and O–H groups in total. The fraction of sp³-hybridized carbons (Fsp3) is 1.00. The van der Waals surface area contributed by atoms with E-state index in [2.05, 4.69) is 31.1 Å². The van der Waals surface area contributed by atoms with E-state index < -0.39 is 0 Å². The van der Waals surface area contributed by atoms with Crippen LogP contribution in [-0.2, 0) is 4.74 Å². The maximum atomic E-state index is 5.59. The second-order valence-corrected chi connectivity index (χ2v) is 4.87. The van der Waals surface area contributed by atoms with Gasteiger partial charge in [-0.3, -0.25) is 0 Å². The molecule has 1 rings (SSSR count). The summed E-state index contributed by atoms with van der Waals surface area (Å²) in [6.07, 6.45) is 5.42. The van der Waals surface area contributed by atoms with Gasteiger partial charge in [-0.15, -0.1) is 0 Å². The van der Waals surface area contributed by atoms with Crippen LogP contribution >= 0.6 is 0 Å². The Morgan fingerprint density at radius 2 is 2.12 bits per heavy atom. The average Bonchev–Trinajstić information content (AvgIpc) is 2.69. The lowest BCUT2D eigenvalue weighted by Crippen LogP contribution is -2.37. The molecule has 0 aromatic carbocycles. The first-order valence-electron chi connectivity index (χ1n) is 6.78. The van der Waals surface area contributed by atoms with Gasteiger partial charge in [-0.2, -0.15) is 0 Å². The summed E-state index contributed by atoms with van der Waals surface area (Å²) in [6.45, 7) is 8.86. The molecule has 1 saturated heterocycles. The number of hydrogen-bond acceptors (Lipinski definition) is 3. The maximum Gasteiger partial charge on any atom is 0.0702 e. The highest BCUT2D eigenvalue weighted by atomic mass is 16.5. The van der Waals surface area contributed by atoms with E-state index in [0.717, 1.165) is 13.2 Å². The number of nitrogens with one attached hydrogen (secondary N) is 1. The van der Waals surface area contributed by atoms with Crippen LogP contribution in [0.5, 0.6) is 0 Å². The summed E-state index contributed by atoms with van der Waals surface area (Å²) in [5, 5.41) is 3.44. The Labute approximate surface area is 101 Å². The third-order valence-corrected chi connectivity index (χ3v) is 3.44. The molecule has 0 saturated carbocycles. The van der Waals surface area contributed by atoms with E-state index in [1.807, 2.05) is 0 Å². The van der Waals surface area contributed by atoms with Crippen molar-refractivity contribution in [2.75, 3.05) is 33.3 Å². The van der Waals surface area contributed by atoms with Gasteiger partial charge in [0.25, 0.3) is 0 Å². The molecule has 0 amide bonds. The normalized spacial score (nSPS) is 25.5. The van der Waals surface area contributed by atoms with Crippen LogP contribution in [0.15, 0.2) is 0 Å². The minimum Gasteiger partial charge on any atom is -0.377 e. The molecule has 96 valence electrons. The molecule has 0 radical (unpaired) electrons. The molecule has 1 aliphatic rings. The van der Waals surface area contributed by atoms with Gasteiger partial charge in [0.15, 0.2) is 0 Å². The van der Waals surface area contributed by atoms with Crippen molar-refractivity contribution < 1.29 is 4.74 Å². The number of rotatable bonds is 8. The molecule has 1 aliphatic heterocycles. The number of unbranched alkanes of at least 4 members (excludes halogenated alkanes) is 1. The number of nitrogens with zero attached hydrogens (tertiary/aromatic N) is 1. The highest BCUT2D eigenvalue weighted by Crippen LogP contribution is 2.18. The summed E-state index contributed by atoms with van der Waals surface area (Å²) >= 11 is 0. The zero-order chi connectivity index (χ0) is 11.8. The quantitative estimate of drug-likeness (QED) is 0.642. The van der Waals surface area contributed by atoms with Crippen LogP contribution in [0.3, 0.4) is 0 Å². The van der Waals surface area contributed by atoms with E-state index in [9.17, 15) is 0 Å². The third kappa shape index (κ3) is 4.81. The summed E-state index contributed by atoms with van der Waals surface area (Å²) in [5.41, 5.74) is 0. The summed E-state index contributed by atoms with van der Waals surface area (Å²) < 4.78 is 5.59. The van der Waals surface area contributed by atoms with Crippen molar-refractivity contribution in [1.82, 2.24) is 10.2 Å². The zero-order valence-electron chi connectivity index (χ0n) is 11.2. The largest absolute Gasteiger partial charge is 0.377 e. The minimum absolute atomic E-state index is 0.420. The van der Waals surface area contributed by atoms with Gasteiger partial charge in [0.1, 0.15) is 0 Å². The zero-order valence-corrected chi connectivity index (χ0v) is 11.2. The van der Waals surface area contributed by atoms with Gasteiger partial charge in [-0.05, 0) is 59.3 Å². The van der Waals surface area contributed by atoms with Gasteiger partial charge in [-0.1, -0.05) is 6.92 Å². The van der Waals surface area contributed by atoms with Crippen molar-refractivity contribution in [3.8, 4) is 0 Å². The van der Waals surface area contributed by atoms with Crippen molar-refractivity contribution in [2.24, 2.45) is 0 Å². The molecule has 2 unspecified atom stereocenters. The minimum atomic E-state index is 0.420. The Kier molecular flexibility index (Phi) is 7.01. The molecule has 0 aromatic heterocycles. The summed E-state index contributed by atoms with van der Waals surface area (Å²) in [5.74, 6) is 0. The molecule has 0 spiro atoms. The van der Waals surface area contributed by atoms with Crippen molar-refractivity contribution in [2.45, 2.75) is 51.7 Å². The topological polar surface area (TPSA) is 24.5 Å².